The van der Waals surface area contributed by atoms with E-state index in [1.807, 2.05) is 35.1 Å². The van der Waals surface area contributed by atoms with Gasteiger partial charge < -0.3 is 15.0 Å². The van der Waals surface area contributed by atoms with E-state index in [-0.39, 0.29) is 0 Å². The summed E-state index contributed by atoms with van der Waals surface area (Å²) in [7, 11) is 1.70. The molecule has 0 radical (unpaired) electrons. The summed E-state index contributed by atoms with van der Waals surface area (Å²) >= 11 is 0. The average Bonchev–Trinajstić information content (AvgIpc) is 3.31. The van der Waals surface area contributed by atoms with Gasteiger partial charge in [-0.15, -0.1) is 0 Å². The summed E-state index contributed by atoms with van der Waals surface area (Å²) in [5, 5.41) is 10.4. The molecule has 1 aliphatic heterocycles. The number of methoxy groups -OCH3 is 1. The Balaban J connectivity index is 1.38. The fourth-order valence-corrected chi connectivity index (χ4v) is 5.37. The third kappa shape index (κ3) is 3.70. The third-order valence-corrected chi connectivity index (χ3v) is 7.06. The van der Waals surface area contributed by atoms with Crippen molar-refractivity contribution in [3.63, 3.8) is 0 Å². The second-order valence-corrected chi connectivity index (χ2v) is 9.34. The normalized spacial score (nSPS) is 18.3. The minimum atomic E-state index is 0.469. The zero-order valence-electron chi connectivity index (χ0n) is 20.3. The molecule has 0 spiro atoms. The molecule has 0 bridgehead atoms. The number of rotatable bonds is 4. The zero-order valence-corrected chi connectivity index (χ0v) is 20.3. The highest BCUT2D eigenvalue weighted by Gasteiger charge is 2.24. The number of nitrogens with zero attached hydrogens (tertiary/aromatic N) is 4. The van der Waals surface area contributed by atoms with Crippen LogP contribution in [0.4, 0.5) is 5.69 Å². The smallest absolute Gasteiger partial charge is 0.162 e. The molecule has 6 rings (SSSR count). The summed E-state index contributed by atoms with van der Waals surface area (Å²) < 4.78 is 7.58. The van der Waals surface area contributed by atoms with E-state index in [0.717, 1.165) is 57.5 Å². The maximum Gasteiger partial charge on any atom is 0.162 e. The molecule has 1 N–H and O–H groups in total. The minimum absolute atomic E-state index is 0.469. The van der Waals surface area contributed by atoms with Crippen molar-refractivity contribution in [2.24, 2.45) is 0 Å². The maximum absolute atomic E-state index is 5.72. The van der Waals surface area contributed by atoms with E-state index in [1.165, 1.54) is 5.69 Å². The molecule has 0 saturated carbocycles. The van der Waals surface area contributed by atoms with E-state index in [0.29, 0.717) is 12.1 Å². The van der Waals surface area contributed by atoms with Crippen LogP contribution < -0.4 is 15.0 Å². The first-order valence-electron chi connectivity index (χ1n) is 12.1. The van der Waals surface area contributed by atoms with E-state index in [1.54, 1.807) is 7.11 Å². The molecule has 2 atom stereocenters. The first-order valence-corrected chi connectivity index (χ1v) is 12.1. The van der Waals surface area contributed by atoms with Gasteiger partial charge in [0.2, 0.25) is 0 Å². The number of hydrogen-bond acceptors (Lipinski definition) is 5. The Morgan fingerprint density at radius 3 is 2.43 bits per heavy atom. The Morgan fingerprint density at radius 2 is 1.66 bits per heavy atom. The number of anilines is 1. The molecule has 6 heteroatoms. The highest BCUT2D eigenvalue weighted by molar-refractivity contribution is 6.02. The molecule has 1 aliphatic rings. The Labute approximate surface area is 205 Å². The number of piperazine rings is 1. The molecule has 2 aromatic heterocycles. The fraction of sp³-hybridized carbons (Fsp3) is 0.241. The van der Waals surface area contributed by atoms with Crippen molar-refractivity contribution in [2.75, 3.05) is 25.1 Å². The minimum Gasteiger partial charge on any atom is -0.496 e. The van der Waals surface area contributed by atoms with Crippen LogP contribution >= 0.6 is 0 Å². The number of aromatic nitrogens is 3. The Hall–Kier alpha value is -3.90. The van der Waals surface area contributed by atoms with E-state index in [2.05, 4.69) is 77.8 Å². The van der Waals surface area contributed by atoms with Crippen LogP contribution in [0.1, 0.15) is 13.8 Å². The molecular weight excluding hydrogens is 434 g/mol. The van der Waals surface area contributed by atoms with Crippen molar-refractivity contribution >= 4 is 22.1 Å². The molecule has 0 aliphatic carbocycles. The van der Waals surface area contributed by atoms with Crippen LogP contribution in [0.25, 0.3) is 38.7 Å². The monoisotopic (exact) mass is 463 g/mol. The number of benzene rings is 3. The van der Waals surface area contributed by atoms with E-state index in [4.69, 9.17) is 9.72 Å². The SMILES string of the molecule is COc1ccc2ccccc2c1-c1cnn2cc(-c3ccc(N4C(C)CNCC4C)cc3)cnc12. The second-order valence-electron chi connectivity index (χ2n) is 9.34. The summed E-state index contributed by atoms with van der Waals surface area (Å²) in [6, 6.07) is 22.1. The van der Waals surface area contributed by atoms with E-state index >= 15 is 0 Å². The molecule has 5 aromatic rings. The predicted octanol–water partition coefficient (Wildman–Crippen LogP) is 5.41. The zero-order chi connectivity index (χ0) is 23.9. The quantitative estimate of drug-likeness (QED) is 0.386. The van der Waals surface area contributed by atoms with Crippen molar-refractivity contribution in [3.05, 3.63) is 79.3 Å². The van der Waals surface area contributed by atoms with Crippen molar-refractivity contribution in [1.29, 1.82) is 0 Å². The lowest BCUT2D eigenvalue weighted by atomic mass is 9.99. The van der Waals surface area contributed by atoms with Gasteiger partial charge in [0.05, 0.1) is 18.9 Å². The molecule has 1 saturated heterocycles. The molecule has 2 unspecified atom stereocenters. The number of ether oxygens (including phenoxy) is 1. The molecule has 6 nitrogen and oxygen atoms in total. The molecule has 3 aromatic carbocycles. The van der Waals surface area contributed by atoms with Gasteiger partial charge in [0.25, 0.3) is 0 Å². The van der Waals surface area contributed by atoms with Crippen LogP contribution in [0, 0.1) is 0 Å². The summed E-state index contributed by atoms with van der Waals surface area (Å²) in [5.74, 6) is 0.816. The van der Waals surface area contributed by atoms with Crippen LogP contribution in [-0.4, -0.2) is 46.9 Å². The molecule has 176 valence electrons. The van der Waals surface area contributed by atoms with Crippen molar-refractivity contribution < 1.29 is 4.74 Å². The molecule has 0 amide bonds. The highest BCUT2D eigenvalue weighted by Crippen LogP contribution is 2.39. The van der Waals surface area contributed by atoms with E-state index < -0.39 is 0 Å². The van der Waals surface area contributed by atoms with Crippen LogP contribution in [0.15, 0.2) is 79.3 Å². The standard InChI is InChI=1S/C29H29N5O/c1-19-14-30-15-20(2)34(19)24-11-8-21(9-12-24)23-16-31-29-26(17-32-33(29)18-23)28-25-7-5-4-6-22(25)10-13-27(28)35-3/h4-13,16-20,30H,14-15H2,1-3H3. The van der Waals surface area contributed by atoms with Crippen molar-refractivity contribution in [1.82, 2.24) is 19.9 Å². The number of nitrogens with one attached hydrogen (secondary N) is 1. The first kappa shape index (κ1) is 21.6. The van der Waals surface area contributed by atoms with Gasteiger partial charge in [0, 0.05) is 54.4 Å². The summed E-state index contributed by atoms with van der Waals surface area (Å²) in [6.07, 6.45) is 5.87. The van der Waals surface area contributed by atoms with Gasteiger partial charge >= 0.3 is 0 Å². The average molecular weight is 464 g/mol. The first-order chi connectivity index (χ1) is 17.1. The van der Waals surface area contributed by atoms with E-state index in [9.17, 15) is 0 Å². The molecule has 3 heterocycles. The van der Waals surface area contributed by atoms with Gasteiger partial charge in [-0.2, -0.15) is 5.10 Å². The van der Waals surface area contributed by atoms with Gasteiger partial charge in [0.1, 0.15) is 5.75 Å². The van der Waals surface area contributed by atoms with Gasteiger partial charge in [0.15, 0.2) is 5.65 Å². The predicted molar refractivity (Wildman–Crippen MR) is 142 cm³/mol. The summed E-state index contributed by atoms with van der Waals surface area (Å²) in [6.45, 7) is 6.56. The Bertz CT molecular complexity index is 1500. The summed E-state index contributed by atoms with van der Waals surface area (Å²) in [4.78, 5) is 7.34. The van der Waals surface area contributed by atoms with Crippen LogP contribution in [-0.2, 0) is 0 Å². The lowest BCUT2D eigenvalue weighted by Crippen LogP contribution is -2.55. The largest absolute Gasteiger partial charge is 0.496 e. The van der Waals surface area contributed by atoms with Gasteiger partial charge in [-0.3, -0.25) is 0 Å². The topological polar surface area (TPSA) is 54.7 Å². The van der Waals surface area contributed by atoms with Crippen LogP contribution in [0.3, 0.4) is 0 Å². The molecule has 1 fully saturated rings. The highest BCUT2D eigenvalue weighted by atomic mass is 16.5. The second kappa shape index (κ2) is 8.71. The fourth-order valence-electron chi connectivity index (χ4n) is 5.37. The molecular formula is C29H29N5O. The number of fused-ring (bicyclic) bond motifs is 2. The lowest BCUT2D eigenvalue weighted by Gasteiger charge is -2.41. The van der Waals surface area contributed by atoms with Crippen LogP contribution in [0.2, 0.25) is 0 Å². The van der Waals surface area contributed by atoms with Crippen LogP contribution in [0.5, 0.6) is 5.75 Å². The maximum atomic E-state index is 5.72. The summed E-state index contributed by atoms with van der Waals surface area (Å²) in [5.41, 5.74) is 6.20. The third-order valence-electron chi connectivity index (χ3n) is 7.06. The van der Waals surface area contributed by atoms with Gasteiger partial charge in [-0.05, 0) is 48.4 Å². The van der Waals surface area contributed by atoms with Crippen molar-refractivity contribution in [3.8, 4) is 28.0 Å². The van der Waals surface area contributed by atoms with Gasteiger partial charge in [-0.1, -0.05) is 42.5 Å². The Kier molecular flexibility index (Phi) is 5.38. The van der Waals surface area contributed by atoms with Crippen molar-refractivity contribution in [2.45, 2.75) is 25.9 Å². The molecule has 35 heavy (non-hydrogen) atoms. The number of hydrogen-bond donors (Lipinski definition) is 1. The lowest BCUT2D eigenvalue weighted by molar-refractivity contribution is 0.417. The Morgan fingerprint density at radius 1 is 0.886 bits per heavy atom. The van der Waals surface area contributed by atoms with Gasteiger partial charge in [-0.25, -0.2) is 9.50 Å².